The predicted molar refractivity (Wildman–Crippen MR) is 137 cm³/mol. The molecule has 12 nitrogen and oxygen atoms in total. The molecule has 0 spiro atoms. The van der Waals surface area contributed by atoms with E-state index >= 15 is 0 Å². The van der Waals surface area contributed by atoms with Crippen molar-refractivity contribution in [3.8, 4) is 11.5 Å². The fraction of sp³-hybridized carbons (Fsp3) is 0.0833. The van der Waals surface area contributed by atoms with Crippen molar-refractivity contribution in [3.63, 3.8) is 0 Å². The van der Waals surface area contributed by atoms with Crippen LogP contribution in [0.4, 0.5) is 17.1 Å². The Hall–Kier alpha value is -4.91. The van der Waals surface area contributed by atoms with Crippen LogP contribution in [0.3, 0.4) is 0 Å². The molecule has 0 aromatic heterocycles. The van der Waals surface area contributed by atoms with Crippen molar-refractivity contribution in [1.82, 2.24) is 0 Å². The fourth-order valence-electron chi connectivity index (χ4n) is 3.10. The van der Waals surface area contributed by atoms with Gasteiger partial charge in [0.1, 0.15) is 12.3 Å². The summed E-state index contributed by atoms with van der Waals surface area (Å²) in [4.78, 5) is 21.8. The topological polar surface area (TPSA) is 169 Å². The van der Waals surface area contributed by atoms with Crippen LogP contribution in [0.5, 0.6) is 11.5 Å². The smallest absolute Gasteiger partial charge is 0.337 e. The summed E-state index contributed by atoms with van der Waals surface area (Å²) in [7, 11) is -2.86. The summed E-state index contributed by atoms with van der Waals surface area (Å²) < 4.78 is 38.5. The Bertz CT molecular complexity index is 1470. The fourth-order valence-corrected chi connectivity index (χ4v) is 4.19. The molecular weight excluding hydrogens is 504 g/mol. The van der Waals surface area contributed by atoms with E-state index in [2.05, 4.69) is 21.8 Å². The van der Waals surface area contributed by atoms with Crippen LogP contribution in [-0.4, -0.2) is 44.3 Å². The number of nitro benzene ring substituents is 1. The summed E-state index contributed by atoms with van der Waals surface area (Å²) >= 11 is 0. The molecule has 37 heavy (non-hydrogen) atoms. The number of carboxylic acid groups (broad SMARTS) is 1. The summed E-state index contributed by atoms with van der Waals surface area (Å²) in [6.45, 7) is 3.88. The van der Waals surface area contributed by atoms with Crippen LogP contribution in [0.15, 0.2) is 83.3 Å². The van der Waals surface area contributed by atoms with Gasteiger partial charge in [-0.25, -0.2) is 13.2 Å². The van der Waals surface area contributed by atoms with Gasteiger partial charge in [0, 0.05) is 6.07 Å². The Balaban J connectivity index is 1.83. The van der Waals surface area contributed by atoms with Gasteiger partial charge in [0.25, 0.3) is 15.7 Å². The third kappa shape index (κ3) is 6.61. The zero-order chi connectivity index (χ0) is 27.0. The molecule has 3 N–H and O–H groups in total. The summed E-state index contributed by atoms with van der Waals surface area (Å²) in [5, 5.41) is 24.9. The number of hydrazone groups is 1. The van der Waals surface area contributed by atoms with Crippen molar-refractivity contribution in [3.05, 3.63) is 94.6 Å². The second-order valence-corrected chi connectivity index (χ2v) is 8.95. The average molecular weight is 527 g/mol. The summed E-state index contributed by atoms with van der Waals surface area (Å²) in [6, 6.07) is 13.6. The van der Waals surface area contributed by atoms with Gasteiger partial charge in [-0.05, 0) is 48.0 Å². The van der Waals surface area contributed by atoms with Crippen molar-refractivity contribution in [2.45, 2.75) is 4.90 Å². The highest BCUT2D eigenvalue weighted by Gasteiger charge is 2.23. The predicted octanol–water partition coefficient (Wildman–Crippen LogP) is 4.11. The van der Waals surface area contributed by atoms with Gasteiger partial charge in [0.05, 0.1) is 34.4 Å². The second kappa shape index (κ2) is 11.7. The van der Waals surface area contributed by atoms with E-state index in [-0.39, 0.29) is 16.9 Å². The first-order chi connectivity index (χ1) is 17.7. The lowest BCUT2D eigenvalue weighted by molar-refractivity contribution is -0.384. The summed E-state index contributed by atoms with van der Waals surface area (Å²) in [5.41, 5.74) is 2.05. The van der Waals surface area contributed by atoms with Gasteiger partial charge in [-0.15, -0.1) is 0 Å². The zero-order valence-electron chi connectivity index (χ0n) is 19.5. The maximum absolute atomic E-state index is 12.8. The number of hydrogen-bond donors (Lipinski definition) is 3. The number of anilines is 2. The maximum Gasteiger partial charge on any atom is 0.337 e. The van der Waals surface area contributed by atoms with E-state index in [1.807, 2.05) is 0 Å². The third-order valence-electron chi connectivity index (χ3n) is 4.82. The number of carbonyl (C=O) groups is 1. The Labute approximate surface area is 212 Å². The minimum atomic E-state index is -4.34. The number of nitrogens with one attached hydrogen (secondary N) is 2. The van der Waals surface area contributed by atoms with Crippen molar-refractivity contribution in [2.75, 3.05) is 23.9 Å². The molecule has 3 aromatic rings. The number of carboxylic acids is 1. The molecule has 0 aliphatic carbocycles. The van der Waals surface area contributed by atoms with Gasteiger partial charge in [0.15, 0.2) is 11.5 Å². The van der Waals surface area contributed by atoms with E-state index in [9.17, 15) is 28.4 Å². The van der Waals surface area contributed by atoms with Gasteiger partial charge < -0.3 is 14.6 Å². The largest absolute Gasteiger partial charge is 0.493 e. The highest BCUT2D eigenvalue weighted by molar-refractivity contribution is 7.92. The molecule has 0 heterocycles. The molecule has 0 radical (unpaired) electrons. The quantitative estimate of drug-likeness (QED) is 0.136. The first-order valence-electron chi connectivity index (χ1n) is 10.5. The molecule has 0 aliphatic rings. The van der Waals surface area contributed by atoms with Gasteiger partial charge in [0.2, 0.25) is 0 Å². The van der Waals surface area contributed by atoms with Crippen molar-refractivity contribution < 1.29 is 32.7 Å². The van der Waals surface area contributed by atoms with Gasteiger partial charge in [-0.1, -0.05) is 24.8 Å². The van der Waals surface area contributed by atoms with E-state index < -0.39 is 31.5 Å². The molecule has 0 amide bonds. The number of nitrogens with zero attached hydrogens (tertiary/aromatic N) is 2. The van der Waals surface area contributed by atoms with E-state index in [1.165, 1.54) is 43.7 Å². The number of nitro groups is 1. The lowest BCUT2D eigenvalue weighted by atomic mass is 10.2. The van der Waals surface area contributed by atoms with Gasteiger partial charge in [-0.2, -0.15) is 5.10 Å². The molecule has 192 valence electrons. The van der Waals surface area contributed by atoms with Crippen molar-refractivity contribution in [1.29, 1.82) is 0 Å². The van der Waals surface area contributed by atoms with Crippen LogP contribution in [-0.2, 0) is 10.0 Å². The number of para-hydroxylation sites is 1. The molecule has 0 bridgehead atoms. The number of aromatic carboxylic acids is 1. The number of benzene rings is 3. The first-order valence-corrected chi connectivity index (χ1v) is 12.0. The molecule has 3 aromatic carbocycles. The first kappa shape index (κ1) is 26.7. The minimum Gasteiger partial charge on any atom is -0.493 e. The molecule has 0 saturated carbocycles. The van der Waals surface area contributed by atoms with Crippen LogP contribution < -0.4 is 19.6 Å². The lowest BCUT2D eigenvalue weighted by Crippen LogP contribution is -2.16. The van der Waals surface area contributed by atoms with E-state index in [1.54, 1.807) is 24.3 Å². The Morgan fingerprint density at radius 3 is 2.57 bits per heavy atom. The monoisotopic (exact) mass is 526 g/mol. The molecule has 0 unspecified atom stereocenters. The summed E-state index contributed by atoms with van der Waals surface area (Å²) in [6.07, 6.45) is 2.98. The molecule has 0 fully saturated rings. The number of rotatable bonds is 12. The SMILES string of the molecule is C=CCOc1ccc(/C=N/Nc2ccc(S(=O)(=O)Nc3ccccc3C(=O)O)cc2[N+](=O)[O-])cc1OC. The van der Waals surface area contributed by atoms with E-state index in [0.29, 0.717) is 23.7 Å². The Morgan fingerprint density at radius 1 is 1.14 bits per heavy atom. The standard InChI is InChI=1S/C24H22N4O8S/c1-3-12-36-22-11-8-16(13-23(22)35-2)15-25-26-20-10-9-17(14-21(20)28(31)32)37(33,34)27-19-7-5-4-6-18(19)24(29)30/h3-11,13-15,26-27H,1,12H2,2H3,(H,29,30)/b25-15+. The normalized spacial score (nSPS) is 11.1. The second-order valence-electron chi connectivity index (χ2n) is 7.27. The highest BCUT2D eigenvalue weighted by Crippen LogP contribution is 2.30. The van der Waals surface area contributed by atoms with E-state index in [0.717, 1.165) is 12.1 Å². The van der Waals surface area contributed by atoms with Crippen LogP contribution in [0.25, 0.3) is 0 Å². The van der Waals surface area contributed by atoms with Crippen LogP contribution >= 0.6 is 0 Å². The van der Waals surface area contributed by atoms with Crippen LogP contribution in [0.1, 0.15) is 15.9 Å². The van der Waals surface area contributed by atoms with Gasteiger partial charge >= 0.3 is 5.97 Å². The Morgan fingerprint density at radius 2 is 1.89 bits per heavy atom. The molecule has 0 atom stereocenters. The molecule has 0 aliphatic heterocycles. The maximum atomic E-state index is 12.8. The molecule has 0 saturated heterocycles. The third-order valence-corrected chi connectivity index (χ3v) is 6.18. The minimum absolute atomic E-state index is 0.0657. The zero-order valence-corrected chi connectivity index (χ0v) is 20.3. The van der Waals surface area contributed by atoms with Crippen molar-refractivity contribution in [2.24, 2.45) is 5.10 Å². The van der Waals surface area contributed by atoms with Crippen LogP contribution in [0.2, 0.25) is 0 Å². The number of sulfonamides is 1. The average Bonchev–Trinajstić information content (AvgIpc) is 2.87. The van der Waals surface area contributed by atoms with Gasteiger partial charge in [-0.3, -0.25) is 20.3 Å². The lowest BCUT2D eigenvalue weighted by Gasteiger charge is -2.11. The highest BCUT2D eigenvalue weighted by atomic mass is 32.2. The number of ether oxygens (including phenoxy) is 2. The number of hydrogen-bond acceptors (Lipinski definition) is 9. The Kier molecular flexibility index (Phi) is 8.43. The molecule has 13 heteroatoms. The van der Waals surface area contributed by atoms with Crippen LogP contribution in [0, 0.1) is 10.1 Å². The molecular formula is C24H22N4O8S. The van der Waals surface area contributed by atoms with E-state index in [4.69, 9.17) is 9.47 Å². The number of methoxy groups -OCH3 is 1. The van der Waals surface area contributed by atoms with Crippen molar-refractivity contribution >= 4 is 39.3 Å². The summed E-state index contributed by atoms with van der Waals surface area (Å²) in [5.74, 6) is -0.388. The molecule has 3 rings (SSSR count).